The first-order chi connectivity index (χ1) is 32.3. The molecule has 2 aromatic heterocycles. The van der Waals surface area contributed by atoms with Crippen molar-refractivity contribution in [1.82, 2.24) is 9.55 Å². The van der Waals surface area contributed by atoms with Gasteiger partial charge >= 0.3 is 0 Å². The number of fused-ring (bicyclic) bond motifs is 4. The minimum atomic E-state index is -0.372. The average Bonchev–Trinajstić information content (AvgIpc) is 3.86. The molecule has 352 valence electrons. The number of benzene rings is 7. The molecule has 0 aliphatic carbocycles. The summed E-state index contributed by atoms with van der Waals surface area (Å²) >= 11 is 0. The molecule has 10 rings (SSSR count). The predicted molar refractivity (Wildman–Crippen MR) is 284 cm³/mol. The van der Waals surface area contributed by atoms with Gasteiger partial charge in [-0.3, -0.25) is 0 Å². The minimum Gasteiger partial charge on any atom is -0.509 e. The minimum absolute atomic E-state index is 0. The molecule has 0 fully saturated rings. The number of rotatable bonds is 8. The van der Waals surface area contributed by atoms with Crippen molar-refractivity contribution >= 4 is 44.6 Å². The third-order valence-corrected chi connectivity index (χ3v) is 13.7. The van der Waals surface area contributed by atoms with Crippen LogP contribution in [-0.4, -0.2) is 9.55 Å². The number of nitrogens with zero attached hydrogens (tertiary/aromatic N) is 4. The molecule has 5 nitrogen and oxygen atoms in total. The monoisotopic (exact) mass is 1080 g/mol. The van der Waals surface area contributed by atoms with E-state index in [0.29, 0.717) is 11.5 Å². The van der Waals surface area contributed by atoms with E-state index in [9.17, 15) is 0 Å². The van der Waals surface area contributed by atoms with Crippen molar-refractivity contribution in [2.75, 3.05) is 9.80 Å². The predicted octanol–water partition coefficient (Wildman–Crippen LogP) is 16.9. The van der Waals surface area contributed by atoms with Crippen LogP contribution in [0.25, 0.3) is 38.8 Å². The zero-order valence-corrected chi connectivity index (χ0v) is 44.0. The fourth-order valence-electron chi connectivity index (χ4n) is 9.40. The second kappa shape index (κ2) is 17.8. The number of ether oxygens (including phenoxy) is 1. The molecule has 9 aromatic rings. The second-order valence-corrected chi connectivity index (χ2v) is 22.0. The zero-order valence-electron chi connectivity index (χ0n) is 41.7. The summed E-state index contributed by atoms with van der Waals surface area (Å²) in [4.78, 5) is 9.58. The summed E-state index contributed by atoms with van der Waals surface area (Å²) in [6.45, 7) is 27.1. The summed E-state index contributed by atoms with van der Waals surface area (Å²) in [7, 11) is 0. The number of aromatic nitrogens is 2. The molecule has 0 N–H and O–H groups in total. The first kappa shape index (κ1) is 47.6. The molecule has 69 heavy (non-hydrogen) atoms. The maximum absolute atomic E-state index is 7.03. The van der Waals surface area contributed by atoms with Crippen LogP contribution in [0.15, 0.2) is 164 Å². The van der Waals surface area contributed by atoms with Crippen molar-refractivity contribution in [2.24, 2.45) is 0 Å². The van der Waals surface area contributed by atoms with Crippen molar-refractivity contribution in [2.45, 2.75) is 97.8 Å². The van der Waals surface area contributed by atoms with Gasteiger partial charge in [-0.25, -0.2) is 4.98 Å². The molecular formula is C63H61N4OPt-3. The molecule has 0 unspecified atom stereocenters. The first-order valence-electron chi connectivity index (χ1n) is 23.9. The maximum Gasteiger partial charge on any atom is 0.135 e. The molecule has 0 amide bonds. The smallest absolute Gasteiger partial charge is 0.135 e. The summed E-state index contributed by atoms with van der Waals surface area (Å²) in [5, 5.41) is 2.20. The Balaban J connectivity index is 0.00000593. The standard InChI is InChI=1S/C63H61N4O.Pt/c1-60(2,3)45-23-18-24-49(34-45)65-41-66(56-30-26-46(37-58(56)65)61(4,5)6)50-35-48(63(10,11)44-21-16-13-17-22-44)36-52(39-50)68-51-27-28-53-54-33-43(42-19-14-12-15-20-42)25-29-55(54)67(57(53)40-51)59-38-47(31-32-64-59)62(7,8)9;/h12-38,41H,1-11H3;/q-3;. The molecule has 0 saturated heterocycles. The second-order valence-electron chi connectivity index (χ2n) is 22.0. The van der Waals surface area contributed by atoms with Gasteiger partial charge in [-0.1, -0.05) is 173 Å². The van der Waals surface area contributed by atoms with E-state index in [4.69, 9.17) is 9.72 Å². The van der Waals surface area contributed by atoms with E-state index in [1.165, 1.54) is 27.8 Å². The summed E-state index contributed by atoms with van der Waals surface area (Å²) in [6, 6.07) is 64.3. The molecule has 0 bridgehead atoms. The van der Waals surface area contributed by atoms with Gasteiger partial charge in [0.2, 0.25) is 0 Å². The fraction of sp³-hybridized carbons (Fsp3) is 0.238. The van der Waals surface area contributed by atoms with Crippen LogP contribution in [-0.2, 0) is 42.7 Å². The van der Waals surface area contributed by atoms with E-state index < -0.39 is 0 Å². The van der Waals surface area contributed by atoms with E-state index in [-0.39, 0.29) is 42.7 Å². The van der Waals surface area contributed by atoms with Crippen LogP contribution in [0.1, 0.15) is 104 Å². The Morgan fingerprint density at radius 1 is 0.478 bits per heavy atom. The van der Waals surface area contributed by atoms with Crippen molar-refractivity contribution in [3.63, 3.8) is 0 Å². The Morgan fingerprint density at radius 3 is 1.86 bits per heavy atom. The largest absolute Gasteiger partial charge is 0.509 e. The normalized spacial score (nSPS) is 13.2. The van der Waals surface area contributed by atoms with Crippen LogP contribution >= 0.6 is 0 Å². The SMILES string of the molecule is CC(C)(C)c1cccc(N2[CH-]N(c3[c-]c(Oc4[c-]c5c(cc4)c4cc(-c6ccccc6)ccc4n5-c4cc(C(C)(C)C)ccn4)cc(C(C)(C)c4ccccc4)c3)c3ccc(C(C)(C)C)cc32)c1.[Pt]. The van der Waals surface area contributed by atoms with Gasteiger partial charge in [0.25, 0.3) is 0 Å². The van der Waals surface area contributed by atoms with E-state index in [1.54, 1.807) is 0 Å². The molecular weight excluding hydrogens is 1020 g/mol. The van der Waals surface area contributed by atoms with Gasteiger partial charge in [0.05, 0.1) is 0 Å². The van der Waals surface area contributed by atoms with Crippen LogP contribution in [0.4, 0.5) is 22.7 Å². The Morgan fingerprint density at radius 2 is 1.14 bits per heavy atom. The van der Waals surface area contributed by atoms with Gasteiger partial charge in [-0.2, -0.15) is 6.07 Å². The van der Waals surface area contributed by atoms with E-state index in [0.717, 1.165) is 61.5 Å². The zero-order chi connectivity index (χ0) is 47.8. The van der Waals surface area contributed by atoms with Gasteiger partial charge in [-0.05, 0) is 103 Å². The summed E-state index contributed by atoms with van der Waals surface area (Å²) in [5.74, 6) is 2.04. The molecule has 3 heterocycles. The number of hydrogen-bond donors (Lipinski definition) is 0. The van der Waals surface area contributed by atoms with Crippen LogP contribution in [0.2, 0.25) is 0 Å². The number of anilines is 4. The first-order valence-corrected chi connectivity index (χ1v) is 23.9. The third kappa shape index (κ3) is 9.15. The summed E-state index contributed by atoms with van der Waals surface area (Å²) in [6.07, 6.45) is 1.92. The number of hydrogen-bond acceptors (Lipinski definition) is 4. The fourth-order valence-corrected chi connectivity index (χ4v) is 9.40. The van der Waals surface area contributed by atoms with Crippen LogP contribution in [0.5, 0.6) is 11.5 Å². The van der Waals surface area contributed by atoms with Crippen LogP contribution in [0, 0.1) is 18.8 Å². The molecule has 7 aromatic carbocycles. The topological polar surface area (TPSA) is 33.5 Å². The van der Waals surface area contributed by atoms with Gasteiger partial charge < -0.3 is 19.1 Å². The van der Waals surface area contributed by atoms with Crippen molar-refractivity contribution in [3.8, 4) is 28.4 Å². The van der Waals surface area contributed by atoms with Gasteiger partial charge in [0.15, 0.2) is 0 Å². The summed E-state index contributed by atoms with van der Waals surface area (Å²) < 4.78 is 9.27. The summed E-state index contributed by atoms with van der Waals surface area (Å²) in [5.41, 5.74) is 14.1. The van der Waals surface area contributed by atoms with Crippen molar-refractivity contribution in [3.05, 3.63) is 211 Å². The van der Waals surface area contributed by atoms with Crippen molar-refractivity contribution < 1.29 is 25.8 Å². The van der Waals surface area contributed by atoms with Gasteiger partial charge in [-0.15, -0.1) is 53.6 Å². The van der Waals surface area contributed by atoms with E-state index in [2.05, 4.69) is 261 Å². The molecule has 1 aliphatic heterocycles. The van der Waals surface area contributed by atoms with Gasteiger partial charge in [0.1, 0.15) is 5.82 Å². The van der Waals surface area contributed by atoms with Crippen LogP contribution in [0.3, 0.4) is 0 Å². The maximum atomic E-state index is 7.03. The molecule has 0 atom stereocenters. The Kier molecular flexibility index (Phi) is 12.3. The molecule has 6 heteroatoms. The average molecular weight is 1090 g/mol. The van der Waals surface area contributed by atoms with Crippen LogP contribution < -0.4 is 14.5 Å². The van der Waals surface area contributed by atoms with E-state index in [1.807, 2.05) is 12.3 Å². The van der Waals surface area contributed by atoms with E-state index >= 15 is 0 Å². The number of pyridine rings is 1. The third-order valence-electron chi connectivity index (χ3n) is 13.7. The molecule has 0 spiro atoms. The molecule has 1 aliphatic rings. The molecule has 0 radical (unpaired) electrons. The van der Waals surface area contributed by atoms with Gasteiger partial charge in [0, 0.05) is 61.3 Å². The molecule has 0 saturated carbocycles. The Bertz CT molecular complexity index is 3330. The quantitative estimate of drug-likeness (QED) is 0.142. The Labute approximate surface area is 424 Å². The van der Waals surface area contributed by atoms with Crippen molar-refractivity contribution in [1.29, 1.82) is 0 Å². The Hall–Kier alpha value is -6.42.